The number of nitrogens with zero attached hydrogens (tertiary/aromatic N) is 4. The number of carbonyl (C=O) groups excluding carboxylic acids is 1. The van der Waals surface area contributed by atoms with Gasteiger partial charge in [-0.3, -0.25) is 4.79 Å². The molecule has 2 aromatic rings. The SMILES string of the molecule is CC(C)c1cc(C(=O)N2C[C@@H](C)O[C@@H](c3nc(C4CC4)no3)C2)no1. The minimum atomic E-state index is -0.413. The number of aromatic nitrogens is 3. The molecule has 0 bridgehead atoms. The van der Waals surface area contributed by atoms with Gasteiger partial charge in [0.05, 0.1) is 12.6 Å². The fourth-order valence-corrected chi connectivity index (χ4v) is 2.96. The summed E-state index contributed by atoms with van der Waals surface area (Å²) < 4.78 is 16.5. The van der Waals surface area contributed by atoms with Gasteiger partial charge in [-0.25, -0.2) is 0 Å². The number of rotatable bonds is 4. The Kier molecular flexibility index (Phi) is 4.07. The zero-order valence-electron chi connectivity index (χ0n) is 14.6. The normalized spacial score (nSPS) is 24.1. The average Bonchev–Trinajstić information content (AvgIpc) is 3.12. The van der Waals surface area contributed by atoms with E-state index < -0.39 is 6.10 Å². The van der Waals surface area contributed by atoms with E-state index in [1.807, 2.05) is 20.8 Å². The Labute approximate surface area is 145 Å². The van der Waals surface area contributed by atoms with E-state index in [1.54, 1.807) is 11.0 Å². The van der Waals surface area contributed by atoms with Crippen LogP contribution >= 0.6 is 0 Å². The number of ether oxygens (including phenoxy) is 1. The third-order valence-electron chi connectivity index (χ3n) is 4.54. The lowest BCUT2D eigenvalue weighted by molar-refractivity contribution is -0.0811. The van der Waals surface area contributed by atoms with Crippen molar-refractivity contribution in [1.82, 2.24) is 20.2 Å². The van der Waals surface area contributed by atoms with Crippen molar-refractivity contribution in [2.45, 2.75) is 57.7 Å². The summed E-state index contributed by atoms with van der Waals surface area (Å²) >= 11 is 0. The molecule has 4 rings (SSSR count). The van der Waals surface area contributed by atoms with Gasteiger partial charge >= 0.3 is 0 Å². The predicted octanol–water partition coefficient (Wildman–Crippen LogP) is 2.66. The molecule has 1 amide bonds. The largest absolute Gasteiger partial charge is 0.362 e. The molecule has 0 N–H and O–H groups in total. The van der Waals surface area contributed by atoms with Crippen LogP contribution in [-0.2, 0) is 4.74 Å². The van der Waals surface area contributed by atoms with Crippen molar-refractivity contribution in [1.29, 1.82) is 0 Å². The quantitative estimate of drug-likeness (QED) is 0.840. The van der Waals surface area contributed by atoms with Gasteiger partial charge in [0.25, 0.3) is 11.8 Å². The lowest BCUT2D eigenvalue weighted by atomic mass is 10.1. The maximum Gasteiger partial charge on any atom is 0.276 e. The molecule has 25 heavy (non-hydrogen) atoms. The smallest absolute Gasteiger partial charge is 0.276 e. The molecular weight excluding hydrogens is 324 g/mol. The van der Waals surface area contributed by atoms with E-state index >= 15 is 0 Å². The van der Waals surface area contributed by atoms with Gasteiger partial charge in [0.15, 0.2) is 17.6 Å². The van der Waals surface area contributed by atoms with Crippen molar-refractivity contribution >= 4 is 5.91 Å². The minimum absolute atomic E-state index is 0.129. The summed E-state index contributed by atoms with van der Waals surface area (Å²) in [5.74, 6) is 2.32. The molecule has 2 fully saturated rings. The molecule has 0 unspecified atom stereocenters. The number of hydrogen-bond donors (Lipinski definition) is 0. The van der Waals surface area contributed by atoms with Crippen LogP contribution in [0.1, 0.15) is 79.5 Å². The monoisotopic (exact) mass is 346 g/mol. The molecule has 0 aromatic carbocycles. The van der Waals surface area contributed by atoms with Gasteiger partial charge in [-0.05, 0) is 19.8 Å². The second kappa shape index (κ2) is 6.25. The maximum absolute atomic E-state index is 12.8. The molecule has 2 aromatic heterocycles. The molecule has 8 heteroatoms. The van der Waals surface area contributed by atoms with Crippen LogP contribution < -0.4 is 0 Å². The lowest BCUT2D eigenvalue weighted by Crippen LogP contribution is -2.46. The highest BCUT2D eigenvalue weighted by atomic mass is 16.5. The van der Waals surface area contributed by atoms with E-state index in [1.165, 1.54) is 0 Å². The topological polar surface area (TPSA) is 94.5 Å². The van der Waals surface area contributed by atoms with E-state index in [2.05, 4.69) is 15.3 Å². The summed E-state index contributed by atoms with van der Waals surface area (Å²) in [6.45, 7) is 6.76. The molecule has 1 saturated heterocycles. The summed E-state index contributed by atoms with van der Waals surface area (Å²) in [7, 11) is 0. The number of amides is 1. The number of carbonyl (C=O) groups is 1. The molecule has 2 aliphatic rings. The molecule has 1 aliphatic carbocycles. The first-order chi connectivity index (χ1) is 12.0. The van der Waals surface area contributed by atoms with Crippen LogP contribution in [0, 0.1) is 0 Å². The molecule has 134 valence electrons. The van der Waals surface area contributed by atoms with Crippen LogP contribution in [0.2, 0.25) is 0 Å². The van der Waals surface area contributed by atoms with Crippen LogP contribution in [0.4, 0.5) is 0 Å². The Balaban J connectivity index is 1.49. The van der Waals surface area contributed by atoms with E-state index in [9.17, 15) is 4.79 Å². The van der Waals surface area contributed by atoms with Crippen molar-refractivity contribution in [2.24, 2.45) is 0 Å². The van der Waals surface area contributed by atoms with E-state index in [0.29, 0.717) is 36.4 Å². The number of hydrogen-bond acceptors (Lipinski definition) is 7. The zero-order valence-corrected chi connectivity index (χ0v) is 14.6. The van der Waals surface area contributed by atoms with Crippen LogP contribution in [-0.4, -0.2) is 45.3 Å². The second-order valence-electron chi connectivity index (χ2n) is 7.18. The lowest BCUT2D eigenvalue weighted by Gasteiger charge is -2.34. The standard InChI is InChI=1S/C17H22N4O4/c1-9(2)13-6-12(19-24-13)17(22)21-7-10(3)23-14(8-21)16-18-15(20-25-16)11-4-5-11/h6,9-11,14H,4-5,7-8H2,1-3H3/t10-,14-/m1/s1. The van der Waals surface area contributed by atoms with Gasteiger partial charge in [0.1, 0.15) is 5.76 Å². The van der Waals surface area contributed by atoms with Crippen LogP contribution in [0.5, 0.6) is 0 Å². The Morgan fingerprint density at radius 3 is 2.72 bits per heavy atom. The van der Waals surface area contributed by atoms with Crippen LogP contribution in [0.15, 0.2) is 15.1 Å². The van der Waals surface area contributed by atoms with Crippen LogP contribution in [0.3, 0.4) is 0 Å². The fraction of sp³-hybridized carbons (Fsp3) is 0.647. The fourth-order valence-electron chi connectivity index (χ4n) is 2.96. The number of morpholine rings is 1. The summed E-state index contributed by atoms with van der Waals surface area (Å²) in [4.78, 5) is 18.9. The van der Waals surface area contributed by atoms with Gasteiger partial charge in [-0.1, -0.05) is 24.2 Å². The first-order valence-electron chi connectivity index (χ1n) is 8.76. The van der Waals surface area contributed by atoms with Gasteiger partial charge in [-0.2, -0.15) is 4.98 Å². The maximum atomic E-state index is 12.8. The molecule has 8 nitrogen and oxygen atoms in total. The van der Waals surface area contributed by atoms with Crippen molar-refractivity contribution in [3.05, 3.63) is 29.2 Å². The van der Waals surface area contributed by atoms with Gasteiger partial charge < -0.3 is 18.7 Å². The Bertz CT molecular complexity index is 764. The summed E-state index contributed by atoms with van der Waals surface area (Å²) in [6.07, 6.45) is 1.67. The molecular formula is C17H22N4O4. The molecule has 0 radical (unpaired) electrons. The van der Waals surface area contributed by atoms with Crippen molar-refractivity contribution in [3.63, 3.8) is 0 Å². The first-order valence-corrected chi connectivity index (χ1v) is 8.76. The van der Waals surface area contributed by atoms with E-state index in [0.717, 1.165) is 18.7 Å². The Morgan fingerprint density at radius 1 is 1.24 bits per heavy atom. The average molecular weight is 346 g/mol. The zero-order chi connectivity index (χ0) is 17.6. The predicted molar refractivity (Wildman–Crippen MR) is 86.1 cm³/mol. The summed E-state index contributed by atoms with van der Waals surface area (Å²) in [5, 5.41) is 7.94. The van der Waals surface area contributed by atoms with Gasteiger partial charge in [-0.15, -0.1) is 0 Å². The van der Waals surface area contributed by atoms with Gasteiger partial charge in [0.2, 0.25) is 0 Å². The van der Waals surface area contributed by atoms with Gasteiger partial charge in [0, 0.05) is 24.4 Å². The molecule has 1 aliphatic heterocycles. The molecule has 3 heterocycles. The highest BCUT2D eigenvalue weighted by Gasteiger charge is 2.36. The van der Waals surface area contributed by atoms with E-state index in [4.69, 9.17) is 13.8 Å². The van der Waals surface area contributed by atoms with Crippen molar-refractivity contribution in [2.75, 3.05) is 13.1 Å². The second-order valence-corrected chi connectivity index (χ2v) is 7.18. The third kappa shape index (κ3) is 3.30. The van der Waals surface area contributed by atoms with Crippen molar-refractivity contribution in [3.8, 4) is 0 Å². The first kappa shape index (κ1) is 16.3. The molecule has 0 spiro atoms. The van der Waals surface area contributed by atoms with Crippen molar-refractivity contribution < 1.29 is 18.6 Å². The summed E-state index contributed by atoms with van der Waals surface area (Å²) in [6, 6.07) is 1.71. The Morgan fingerprint density at radius 2 is 2.04 bits per heavy atom. The summed E-state index contributed by atoms with van der Waals surface area (Å²) in [5.41, 5.74) is 0.320. The minimum Gasteiger partial charge on any atom is -0.362 e. The van der Waals surface area contributed by atoms with E-state index in [-0.39, 0.29) is 17.9 Å². The highest BCUT2D eigenvalue weighted by molar-refractivity contribution is 5.92. The Hall–Kier alpha value is -2.22. The van der Waals surface area contributed by atoms with Crippen LogP contribution in [0.25, 0.3) is 0 Å². The molecule has 2 atom stereocenters. The third-order valence-corrected chi connectivity index (χ3v) is 4.54. The molecule has 1 saturated carbocycles. The highest BCUT2D eigenvalue weighted by Crippen LogP contribution is 2.39.